The molecular weight excluding hydrogens is 652 g/mol. The number of primary amides is 1. The summed E-state index contributed by atoms with van der Waals surface area (Å²) in [5, 5.41) is 24.6. The maximum Gasteiger partial charge on any atom is 0.404 e. The third kappa shape index (κ3) is 6.38. The number of amides is 2. The smallest absolute Gasteiger partial charge is 0.404 e. The molecule has 1 aliphatic rings. The van der Waals surface area contributed by atoms with Gasteiger partial charge in [-0.2, -0.15) is 0 Å². The molecule has 2 heterocycles. The minimum absolute atomic E-state index is 0.0195. The second-order valence-corrected chi connectivity index (χ2v) is 11.9. The van der Waals surface area contributed by atoms with Gasteiger partial charge in [-0.3, -0.25) is 4.79 Å². The minimum atomic E-state index is -1.51. The second-order valence-electron chi connectivity index (χ2n) is 11.0. The van der Waals surface area contributed by atoms with Crippen LogP contribution < -0.4 is 21.4 Å². The zero-order chi connectivity index (χ0) is 32.6. The van der Waals surface area contributed by atoms with Crippen molar-refractivity contribution in [2.45, 2.75) is 51.0 Å². The van der Waals surface area contributed by atoms with E-state index in [4.69, 9.17) is 29.1 Å². The molecule has 45 heavy (non-hydrogen) atoms. The molecule has 0 saturated carbocycles. The van der Waals surface area contributed by atoms with Crippen LogP contribution in [-0.2, 0) is 14.2 Å². The Kier molecular flexibility index (Phi) is 8.90. The summed E-state index contributed by atoms with van der Waals surface area (Å²) >= 11 is 3.44. The standard InChI is InChI=1S/C32H31BrN2O10/c1-15-21(42-30-24(37)26(44-31(34)40)27(41-4)32(2,3)45-30)12-11-20-23(36)22(29(39)43-25(15)20)35-28(38)18-9-5-7-16(13-18)17-8-6-10-19(33)14-17/h5-14,24,26-27,30,36-37H,1-4H3,(H2,34,40)(H,35,38)/t24-,26+,27-,30-/m1/s1. The summed E-state index contributed by atoms with van der Waals surface area (Å²) in [5.74, 6) is -0.987. The number of nitrogens with two attached hydrogens (primary N) is 1. The van der Waals surface area contributed by atoms with Gasteiger partial charge in [-0.05, 0) is 68.3 Å². The number of benzene rings is 3. The molecule has 1 fully saturated rings. The normalized spacial score (nSPS) is 20.8. The van der Waals surface area contributed by atoms with Crippen LogP contribution in [-0.4, -0.2) is 59.5 Å². The fourth-order valence-corrected chi connectivity index (χ4v) is 5.77. The molecule has 12 nitrogen and oxygen atoms in total. The van der Waals surface area contributed by atoms with Crippen molar-refractivity contribution < 1.29 is 43.2 Å². The van der Waals surface area contributed by atoms with Crippen molar-refractivity contribution in [2.24, 2.45) is 5.73 Å². The Bertz CT molecular complexity index is 1840. The number of aryl methyl sites for hydroxylation is 1. The molecule has 1 saturated heterocycles. The Morgan fingerprint density at radius 1 is 1.07 bits per heavy atom. The topological polar surface area (TPSA) is 180 Å². The van der Waals surface area contributed by atoms with Crippen molar-refractivity contribution >= 4 is 44.6 Å². The number of hydrogen-bond donors (Lipinski definition) is 4. The average molecular weight is 684 g/mol. The van der Waals surface area contributed by atoms with Gasteiger partial charge >= 0.3 is 11.7 Å². The Labute approximate surface area is 265 Å². The monoisotopic (exact) mass is 682 g/mol. The van der Waals surface area contributed by atoms with Crippen molar-refractivity contribution in [3.05, 3.63) is 86.7 Å². The number of anilines is 1. The van der Waals surface area contributed by atoms with E-state index >= 15 is 0 Å². The van der Waals surface area contributed by atoms with Gasteiger partial charge in [-0.1, -0.05) is 40.2 Å². The summed E-state index contributed by atoms with van der Waals surface area (Å²) < 4.78 is 28.9. The van der Waals surface area contributed by atoms with Crippen LogP contribution in [0.5, 0.6) is 11.5 Å². The van der Waals surface area contributed by atoms with Crippen LogP contribution >= 0.6 is 15.9 Å². The van der Waals surface area contributed by atoms with Crippen LogP contribution in [0, 0.1) is 6.92 Å². The van der Waals surface area contributed by atoms with Crippen LogP contribution in [0.1, 0.15) is 29.8 Å². The molecule has 1 aromatic heterocycles. The van der Waals surface area contributed by atoms with Gasteiger partial charge in [-0.25, -0.2) is 9.59 Å². The number of fused-ring (bicyclic) bond motifs is 1. The lowest BCUT2D eigenvalue weighted by molar-refractivity contribution is -0.304. The molecule has 0 bridgehead atoms. The quantitative estimate of drug-likeness (QED) is 0.197. The van der Waals surface area contributed by atoms with E-state index in [9.17, 15) is 24.6 Å². The van der Waals surface area contributed by atoms with Crippen molar-refractivity contribution in [1.82, 2.24) is 0 Å². The van der Waals surface area contributed by atoms with E-state index in [2.05, 4.69) is 21.2 Å². The number of aliphatic hydroxyl groups excluding tert-OH is 1. The first kappa shape index (κ1) is 32.0. The first-order chi connectivity index (χ1) is 21.3. The van der Waals surface area contributed by atoms with E-state index in [1.54, 1.807) is 39.0 Å². The van der Waals surface area contributed by atoms with E-state index in [0.29, 0.717) is 0 Å². The van der Waals surface area contributed by atoms with E-state index in [1.807, 2.05) is 30.3 Å². The van der Waals surface area contributed by atoms with E-state index in [1.165, 1.54) is 19.2 Å². The maximum absolute atomic E-state index is 13.2. The number of aromatic hydroxyl groups is 1. The summed E-state index contributed by atoms with van der Waals surface area (Å²) in [6.45, 7) is 4.90. The fraction of sp³-hybridized carbons (Fsp3) is 0.281. The minimum Gasteiger partial charge on any atom is -0.505 e. The highest BCUT2D eigenvalue weighted by Crippen LogP contribution is 2.38. The molecule has 5 rings (SSSR count). The summed E-state index contributed by atoms with van der Waals surface area (Å²) in [7, 11) is 1.38. The molecule has 2 amide bonds. The van der Waals surface area contributed by atoms with E-state index < -0.39 is 59.3 Å². The number of carbonyl (C=O) groups excluding carboxylic acids is 2. The first-order valence-corrected chi connectivity index (χ1v) is 14.6. The maximum atomic E-state index is 13.2. The average Bonchev–Trinajstić information content (AvgIpc) is 2.99. The molecule has 0 radical (unpaired) electrons. The predicted octanol–water partition coefficient (Wildman–Crippen LogP) is 4.84. The van der Waals surface area contributed by atoms with Crippen molar-refractivity contribution in [3.63, 3.8) is 0 Å². The van der Waals surface area contributed by atoms with Crippen LogP contribution in [0.2, 0.25) is 0 Å². The summed E-state index contributed by atoms with van der Waals surface area (Å²) in [5.41, 5.74) is 4.88. The van der Waals surface area contributed by atoms with Crippen LogP contribution in [0.4, 0.5) is 10.5 Å². The number of halogens is 1. The number of aliphatic hydroxyl groups is 1. The summed E-state index contributed by atoms with van der Waals surface area (Å²) in [4.78, 5) is 37.7. The van der Waals surface area contributed by atoms with Gasteiger partial charge in [0.25, 0.3) is 5.91 Å². The fourth-order valence-electron chi connectivity index (χ4n) is 5.37. The molecule has 4 atom stereocenters. The highest BCUT2D eigenvalue weighted by molar-refractivity contribution is 9.10. The van der Waals surface area contributed by atoms with Gasteiger partial charge < -0.3 is 44.6 Å². The molecule has 5 N–H and O–H groups in total. The molecule has 13 heteroatoms. The van der Waals surface area contributed by atoms with E-state index in [0.717, 1.165) is 15.6 Å². The number of carbonyl (C=O) groups is 2. The second kappa shape index (κ2) is 12.5. The number of ether oxygens (including phenoxy) is 4. The van der Waals surface area contributed by atoms with E-state index in [-0.39, 0.29) is 27.8 Å². The number of rotatable bonds is 7. The SMILES string of the molecule is CO[C@@H]1[C@@H](OC(N)=O)[C@@H](O)[C@H](Oc2ccc3c(O)c(NC(=O)c4cccc(-c5cccc(Br)c5)c4)c(=O)oc3c2C)OC1(C)C. The Morgan fingerprint density at radius 2 is 1.76 bits per heavy atom. The summed E-state index contributed by atoms with van der Waals surface area (Å²) in [6, 6.07) is 17.3. The van der Waals surface area contributed by atoms with Crippen molar-refractivity contribution in [3.8, 4) is 22.6 Å². The zero-order valence-electron chi connectivity index (χ0n) is 24.7. The highest BCUT2D eigenvalue weighted by Gasteiger charge is 2.53. The van der Waals surface area contributed by atoms with Gasteiger partial charge in [0.05, 0.1) is 11.0 Å². The Balaban J connectivity index is 1.42. The van der Waals surface area contributed by atoms with Gasteiger partial charge in [0.15, 0.2) is 23.6 Å². The number of hydrogen-bond acceptors (Lipinski definition) is 10. The number of methoxy groups -OCH3 is 1. The van der Waals surface area contributed by atoms with Crippen LogP contribution in [0.3, 0.4) is 0 Å². The molecule has 0 aliphatic carbocycles. The summed E-state index contributed by atoms with van der Waals surface area (Å²) in [6.07, 6.45) is -6.06. The molecular formula is C32H31BrN2O10. The Morgan fingerprint density at radius 3 is 2.42 bits per heavy atom. The third-order valence-corrected chi connectivity index (χ3v) is 8.03. The van der Waals surface area contributed by atoms with Crippen LogP contribution in [0.15, 0.2) is 74.3 Å². The highest BCUT2D eigenvalue weighted by atomic mass is 79.9. The lowest BCUT2D eigenvalue weighted by Gasteiger charge is -2.47. The molecule has 236 valence electrons. The van der Waals surface area contributed by atoms with Gasteiger partial charge in [0, 0.05) is 22.7 Å². The molecule has 0 spiro atoms. The predicted molar refractivity (Wildman–Crippen MR) is 167 cm³/mol. The lowest BCUT2D eigenvalue weighted by Crippen LogP contribution is -2.65. The van der Waals surface area contributed by atoms with Gasteiger partial charge in [-0.15, -0.1) is 0 Å². The third-order valence-electron chi connectivity index (χ3n) is 7.54. The van der Waals surface area contributed by atoms with Crippen molar-refractivity contribution in [1.29, 1.82) is 0 Å². The zero-order valence-corrected chi connectivity index (χ0v) is 26.3. The largest absolute Gasteiger partial charge is 0.505 e. The van der Waals surface area contributed by atoms with Crippen LogP contribution in [0.25, 0.3) is 22.1 Å². The molecule has 3 aromatic carbocycles. The lowest BCUT2D eigenvalue weighted by atomic mass is 9.89. The molecule has 4 aromatic rings. The van der Waals surface area contributed by atoms with Gasteiger partial charge in [0.1, 0.15) is 17.4 Å². The van der Waals surface area contributed by atoms with Gasteiger partial charge in [0.2, 0.25) is 6.29 Å². The first-order valence-electron chi connectivity index (χ1n) is 13.8. The molecule has 1 aliphatic heterocycles. The Hall–Kier alpha value is -4.43. The molecule has 0 unspecified atom stereocenters. The number of nitrogens with one attached hydrogen (secondary N) is 1. The van der Waals surface area contributed by atoms with Crippen molar-refractivity contribution in [2.75, 3.05) is 12.4 Å².